The maximum absolute atomic E-state index is 8.87. The van der Waals surface area contributed by atoms with E-state index in [2.05, 4.69) is 35.1 Å². The van der Waals surface area contributed by atoms with E-state index in [-0.39, 0.29) is 0 Å². The largest absolute Gasteiger partial charge is 0.342 e. The second-order valence-corrected chi connectivity index (χ2v) is 4.90. The molecule has 0 radical (unpaired) electrons. The summed E-state index contributed by atoms with van der Waals surface area (Å²) in [6.07, 6.45) is 1.99. The number of nitrogens with zero attached hydrogens (tertiary/aromatic N) is 2. The molecule has 3 nitrogen and oxygen atoms in total. The predicted octanol–water partition coefficient (Wildman–Crippen LogP) is 2.81. The van der Waals surface area contributed by atoms with Gasteiger partial charge in [-0.25, -0.2) is 0 Å². The van der Waals surface area contributed by atoms with E-state index in [0.29, 0.717) is 11.7 Å². The number of aromatic nitrogens is 1. The van der Waals surface area contributed by atoms with Gasteiger partial charge >= 0.3 is 0 Å². The highest BCUT2D eigenvalue weighted by molar-refractivity contribution is 7.07. The summed E-state index contributed by atoms with van der Waals surface area (Å²) in [6.45, 7) is 2.93. The molecule has 17 heavy (non-hydrogen) atoms. The van der Waals surface area contributed by atoms with Crippen molar-refractivity contribution in [3.63, 3.8) is 0 Å². The molecule has 0 aromatic carbocycles. The van der Waals surface area contributed by atoms with Crippen LogP contribution in [-0.4, -0.2) is 4.57 Å². The Bertz CT molecular complexity index is 519. The van der Waals surface area contributed by atoms with Gasteiger partial charge in [0.05, 0.1) is 0 Å². The third kappa shape index (κ3) is 2.76. The van der Waals surface area contributed by atoms with E-state index in [4.69, 9.17) is 5.26 Å². The lowest BCUT2D eigenvalue weighted by Crippen LogP contribution is -2.17. The molecule has 0 amide bonds. The third-order valence-corrected chi connectivity index (χ3v) is 3.53. The van der Waals surface area contributed by atoms with E-state index < -0.39 is 0 Å². The highest BCUT2D eigenvalue weighted by Crippen LogP contribution is 2.16. The van der Waals surface area contributed by atoms with Crippen LogP contribution in [0.5, 0.6) is 0 Å². The first-order valence-corrected chi connectivity index (χ1v) is 6.46. The molecule has 0 bridgehead atoms. The summed E-state index contributed by atoms with van der Waals surface area (Å²) in [4.78, 5) is 0. The van der Waals surface area contributed by atoms with E-state index in [1.807, 2.05) is 23.9 Å². The predicted molar refractivity (Wildman–Crippen MR) is 69.7 cm³/mol. The van der Waals surface area contributed by atoms with Gasteiger partial charge in [-0.05, 0) is 40.9 Å². The van der Waals surface area contributed by atoms with Crippen LogP contribution in [-0.2, 0) is 13.6 Å². The molecule has 2 aromatic heterocycles. The third-order valence-electron chi connectivity index (χ3n) is 2.83. The van der Waals surface area contributed by atoms with Gasteiger partial charge in [-0.2, -0.15) is 16.6 Å². The molecule has 0 saturated carbocycles. The number of hydrogen-bond acceptors (Lipinski definition) is 3. The number of aryl methyl sites for hydroxylation is 1. The molecule has 2 heterocycles. The molecule has 0 fully saturated rings. The van der Waals surface area contributed by atoms with E-state index in [0.717, 1.165) is 12.1 Å². The molecule has 0 spiro atoms. The maximum atomic E-state index is 8.87. The lowest BCUT2D eigenvalue weighted by Gasteiger charge is -2.11. The first-order chi connectivity index (χ1) is 8.20. The minimum Gasteiger partial charge on any atom is -0.342 e. The van der Waals surface area contributed by atoms with E-state index in [1.165, 1.54) is 5.56 Å². The molecule has 0 aliphatic rings. The summed E-state index contributed by atoms with van der Waals surface area (Å²) < 4.78 is 1.85. The average molecular weight is 245 g/mol. The second-order valence-electron chi connectivity index (χ2n) is 4.12. The van der Waals surface area contributed by atoms with Crippen molar-refractivity contribution in [3.8, 4) is 6.07 Å². The van der Waals surface area contributed by atoms with Crippen LogP contribution in [0, 0.1) is 11.3 Å². The summed E-state index contributed by atoms with van der Waals surface area (Å²) in [5.41, 5.74) is 3.16. The van der Waals surface area contributed by atoms with Crippen molar-refractivity contribution in [1.29, 1.82) is 5.26 Å². The SMILES string of the molecule is CC(NCc1cc(C#N)n(C)c1)c1ccsc1. The van der Waals surface area contributed by atoms with Gasteiger partial charge in [0.25, 0.3) is 0 Å². The first kappa shape index (κ1) is 11.9. The van der Waals surface area contributed by atoms with Gasteiger partial charge in [-0.15, -0.1) is 0 Å². The van der Waals surface area contributed by atoms with Gasteiger partial charge in [0.1, 0.15) is 11.8 Å². The molecule has 4 heteroatoms. The Morgan fingerprint density at radius 3 is 3.00 bits per heavy atom. The van der Waals surface area contributed by atoms with Crippen LogP contribution in [0.2, 0.25) is 0 Å². The van der Waals surface area contributed by atoms with Crippen molar-refractivity contribution in [1.82, 2.24) is 9.88 Å². The molecule has 0 saturated heterocycles. The second kappa shape index (κ2) is 5.17. The Kier molecular flexibility index (Phi) is 3.62. The van der Waals surface area contributed by atoms with Gasteiger partial charge < -0.3 is 9.88 Å². The molecule has 1 N–H and O–H groups in total. The summed E-state index contributed by atoms with van der Waals surface area (Å²) in [7, 11) is 1.89. The number of rotatable bonds is 4. The number of nitrogens with one attached hydrogen (secondary N) is 1. The van der Waals surface area contributed by atoms with Crippen molar-refractivity contribution < 1.29 is 0 Å². The Morgan fingerprint density at radius 1 is 1.59 bits per heavy atom. The van der Waals surface area contributed by atoms with Crippen LogP contribution >= 0.6 is 11.3 Å². The molecule has 1 unspecified atom stereocenters. The summed E-state index contributed by atoms with van der Waals surface area (Å²) >= 11 is 1.71. The van der Waals surface area contributed by atoms with E-state index in [9.17, 15) is 0 Å². The summed E-state index contributed by atoms with van der Waals surface area (Å²) in [5, 5.41) is 16.6. The van der Waals surface area contributed by atoms with Gasteiger partial charge in [0.15, 0.2) is 0 Å². The van der Waals surface area contributed by atoms with E-state index >= 15 is 0 Å². The molecular weight excluding hydrogens is 230 g/mol. The quantitative estimate of drug-likeness (QED) is 0.899. The monoisotopic (exact) mass is 245 g/mol. The fourth-order valence-electron chi connectivity index (χ4n) is 1.75. The fraction of sp³-hybridized carbons (Fsp3) is 0.308. The standard InChI is InChI=1S/C13H15N3S/c1-10(12-3-4-17-9-12)15-7-11-5-13(6-14)16(2)8-11/h3-5,8-10,15H,7H2,1-2H3. The minimum absolute atomic E-state index is 0.340. The van der Waals surface area contributed by atoms with Crippen LogP contribution in [0.1, 0.15) is 29.8 Å². The van der Waals surface area contributed by atoms with Crippen molar-refractivity contribution in [2.75, 3.05) is 0 Å². The van der Waals surface area contributed by atoms with Crippen LogP contribution in [0.4, 0.5) is 0 Å². The fourth-order valence-corrected chi connectivity index (χ4v) is 2.51. The molecule has 2 aromatic rings. The normalized spacial score (nSPS) is 12.3. The molecule has 0 aliphatic heterocycles. The van der Waals surface area contributed by atoms with Gasteiger partial charge in [0.2, 0.25) is 0 Å². The average Bonchev–Trinajstić information content (AvgIpc) is 2.95. The molecular formula is C13H15N3S. The van der Waals surface area contributed by atoms with E-state index in [1.54, 1.807) is 11.3 Å². The van der Waals surface area contributed by atoms with Crippen molar-refractivity contribution in [3.05, 3.63) is 45.9 Å². The zero-order chi connectivity index (χ0) is 12.3. The topological polar surface area (TPSA) is 40.8 Å². The zero-order valence-corrected chi connectivity index (χ0v) is 10.8. The summed E-state index contributed by atoms with van der Waals surface area (Å²) in [6, 6.07) is 6.56. The van der Waals surface area contributed by atoms with Crippen LogP contribution < -0.4 is 5.32 Å². The maximum Gasteiger partial charge on any atom is 0.120 e. The lowest BCUT2D eigenvalue weighted by molar-refractivity contribution is 0.576. The highest BCUT2D eigenvalue weighted by Gasteiger charge is 2.06. The van der Waals surface area contributed by atoms with Crippen LogP contribution in [0.3, 0.4) is 0 Å². The first-order valence-electron chi connectivity index (χ1n) is 5.51. The zero-order valence-electron chi connectivity index (χ0n) is 9.97. The van der Waals surface area contributed by atoms with Crippen molar-refractivity contribution in [2.45, 2.75) is 19.5 Å². The molecule has 1 atom stereocenters. The Hall–Kier alpha value is -1.57. The molecule has 0 aliphatic carbocycles. The number of nitriles is 1. The number of thiophene rings is 1. The van der Waals surface area contributed by atoms with Crippen molar-refractivity contribution in [2.24, 2.45) is 7.05 Å². The Labute approximate surface area is 105 Å². The van der Waals surface area contributed by atoms with Gasteiger partial charge in [0, 0.05) is 25.8 Å². The number of hydrogen-bond donors (Lipinski definition) is 1. The van der Waals surface area contributed by atoms with Crippen LogP contribution in [0.15, 0.2) is 29.1 Å². The lowest BCUT2D eigenvalue weighted by atomic mass is 10.2. The molecule has 2 rings (SSSR count). The van der Waals surface area contributed by atoms with Gasteiger partial charge in [-0.1, -0.05) is 0 Å². The highest BCUT2D eigenvalue weighted by atomic mass is 32.1. The summed E-state index contributed by atoms with van der Waals surface area (Å²) in [5.74, 6) is 0. The Morgan fingerprint density at radius 2 is 2.41 bits per heavy atom. The van der Waals surface area contributed by atoms with Crippen LogP contribution in [0.25, 0.3) is 0 Å². The Balaban J connectivity index is 1.96. The van der Waals surface area contributed by atoms with Crippen molar-refractivity contribution >= 4 is 11.3 Å². The minimum atomic E-state index is 0.340. The molecule has 88 valence electrons. The van der Waals surface area contributed by atoms with Gasteiger partial charge in [-0.3, -0.25) is 0 Å². The smallest absolute Gasteiger partial charge is 0.120 e.